The fourth-order valence-electron chi connectivity index (χ4n) is 2.22. The summed E-state index contributed by atoms with van der Waals surface area (Å²) in [6, 6.07) is 3.43. The van der Waals surface area contributed by atoms with Crippen LogP contribution in [0.2, 0.25) is 0 Å². The van der Waals surface area contributed by atoms with Gasteiger partial charge in [0.05, 0.1) is 13.2 Å². The zero-order valence-electron chi connectivity index (χ0n) is 11.2. The van der Waals surface area contributed by atoms with E-state index < -0.39 is 24.1 Å². The molecule has 0 bridgehead atoms. The number of amides is 2. The zero-order valence-corrected chi connectivity index (χ0v) is 12.8. The van der Waals surface area contributed by atoms with Crippen LogP contribution in [0.4, 0.5) is 10.5 Å². The molecule has 1 aliphatic heterocycles. The predicted molar refractivity (Wildman–Crippen MR) is 78.5 cm³/mol. The van der Waals surface area contributed by atoms with E-state index in [2.05, 4.69) is 21.2 Å². The van der Waals surface area contributed by atoms with Crippen LogP contribution < -0.4 is 10.1 Å². The van der Waals surface area contributed by atoms with Gasteiger partial charge in [-0.2, -0.15) is 0 Å². The van der Waals surface area contributed by atoms with Gasteiger partial charge in [0.2, 0.25) is 0 Å². The molecule has 0 aliphatic carbocycles. The normalized spacial score (nSPS) is 21.2. The van der Waals surface area contributed by atoms with Crippen LogP contribution in [0, 0.1) is 0 Å². The molecule has 1 heterocycles. The highest BCUT2D eigenvalue weighted by Crippen LogP contribution is 2.26. The van der Waals surface area contributed by atoms with Crippen molar-refractivity contribution in [1.29, 1.82) is 0 Å². The number of ether oxygens (including phenoxy) is 1. The van der Waals surface area contributed by atoms with Gasteiger partial charge in [-0.05, 0) is 12.1 Å². The Morgan fingerprint density at radius 2 is 2.14 bits per heavy atom. The van der Waals surface area contributed by atoms with E-state index in [1.54, 1.807) is 18.2 Å². The molecule has 7 nitrogen and oxygen atoms in total. The highest BCUT2D eigenvalue weighted by Gasteiger charge is 2.39. The summed E-state index contributed by atoms with van der Waals surface area (Å²) in [6.07, 6.45) is -0.793. The number of likely N-dealkylation sites (tertiary alicyclic amines) is 1. The van der Waals surface area contributed by atoms with E-state index in [4.69, 9.17) is 9.84 Å². The van der Waals surface area contributed by atoms with Crippen LogP contribution in [0.1, 0.15) is 6.42 Å². The zero-order chi connectivity index (χ0) is 15.6. The Labute approximate surface area is 129 Å². The van der Waals surface area contributed by atoms with E-state index in [9.17, 15) is 14.7 Å². The molecule has 0 aromatic heterocycles. The van der Waals surface area contributed by atoms with Crippen LogP contribution in [0.25, 0.3) is 0 Å². The predicted octanol–water partition coefficient (Wildman–Crippen LogP) is 1.51. The van der Waals surface area contributed by atoms with Crippen LogP contribution in [0.15, 0.2) is 22.7 Å². The van der Waals surface area contributed by atoms with E-state index in [1.807, 2.05) is 0 Å². The van der Waals surface area contributed by atoms with Gasteiger partial charge in [0.25, 0.3) is 0 Å². The van der Waals surface area contributed by atoms with Gasteiger partial charge in [0, 0.05) is 29.2 Å². The molecule has 8 heteroatoms. The number of methoxy groups -OCH3 is 1. The molecule has 3 N–H and O–H groups in total. The van der Waals surface area contributed by atoms with E-state index in [0.29, 0.717) is 15.9 Å². The molecule has 1 aliphatic rings. The summed E-state index contributed by atoms with van der Waals surface area (Å²) in [5.41, 5.74) is 0.469. The van der Waals surface area contributed by atoms with Crippen LogP contribution in [-0.2, 0) is 4.79 Å². The average Bonchev–Trinajstić information content (AvgIpc) is 2.80. The monoisotopic (exact) mass is 358 g/mol. The maximum absolute atomic E-state index is 12.2. The molecular weight excluding hydrogens is 344 g/mol. The Bertz CT molecular complexity index is 565. The van der Waals surface area contributed by atoms with Gasteiger partial charge in [0.1, 0.15) is 11.8 Å². The molecule has 0 saturated carbocycles. The third kappa shape index (κ3) is 3.64. The summed E-state index contributed by atoms with van der Waals surface area (Å²) in [7, 11) is 1.50. The number of hydrogen-bond acceptors (Lipinski definition) is 4. The van der Waals surface area contributed by atoms with Crippen molar-refractivity contribution >= 4 is 33.6 Å². The molecule has 2 rings (SSSR count). The van der Waals surface area contributed by atoms with Crippen molar-refractivity contribution in [3.63, 3.8) is 0 Å². The fourth-order valence-corrected chi connectivity index (χ4v) is 2.69. The Kier molecular flexibility index (Phi) is 4.69. The standard InChI is InChI=1S/C13H15BrN2O5/c1-21-10-3-7(14)2-8(4-10)15-13(20)16-6-9(17)5-11(16)12(18)19/h2-4,9,11,17H,5-6H2,1H3,(H,15,20)(H,18,19)/t9-,11-/m1/s1. The number of urea groups is 1. The molecule has 1 aromatic carbocycles. The Hall–Kier alpha value is -1.80. The van der Waals surface area contributed by atoms with Crippen molar-refractivity contribution in [1.82, 2.24) is 4.90 Å². The molecule has 0 unspecified atom stereocenters. The molecule has 0 spiro atoms. The number of carboxylic acids is 1. The fraction of sp³-hybridized carbons (Fsp3) is 0.385. The summed E-state index contributed by atoms with van der Waals surface area (Å²) in [5.74, 6) is -0.579. The van der Waals surface area contributed by atoms with Gasteiger partial charge in [-0.3, -0.25) is 0 Å². The minimum absolute atomic E-state index is 0.00601. The van der Waals surface area contributed by atoms with Gasteiger partial charge in [0.15, 0.2) is 0 Å². The average molecular weight is 359 g/mol. The summed E-state index contributed by atoms with van der Waals surface area (Å²) in [6.45, 7) is -0.00601. The van der Waals surface area contributed by atoms with Crippen molar-refractivity contribution in [2.24, 2.45) is 0 Å². The molecule has 1 aromatic rings. The number of benzene rings is 1. The summed E-state index contributed by atoms with van der Waals surface area (Å²) < 4.78 is 5.81. The van der Waals surface area contributed by atoms with E-state index >= 15 is 0 Å². The molecule has 1 fully saturated rings. The number of carboxylic acid groups (broad SMARTS) is 1. The van der Waals surface area contributed by atoms with Crippen LogP contribution >= 0.6 is 15.9 Å². The second kappa shape index (κ2) is 6.31. The summed E-state index contributed by atoms with van der Waals surface area (Å²) >= 11 is 3.29. The number of halogens is 1. The quantitative estimate of drug-likeness (QED) is 0.760. The highest BCUT2D eigenvalue weighted by atomic mass is 79.9. The smallest absolute Gasteiger partial charge is 0.326 e. The first-order valence-electron chi connectivity index (χ1n) is 6.23. The van der Waals surface area contributed by atoms with Crippen molar-refractivity contribution in [3.05, 3.63) is 22.7 Å². The Morgan fingerprint density at radius 3 is 2.76 bits per heavy atom. The lowest BCUT2D eigenvalue weighted by molar-refractivity contribution is -0.141. The van der Waals surface area contributed by atoms with Gasteiger partial charge in [-0.15, -0.1) is 0 Å². The lowest BCUT2D eigenvalue weighted by Crippen LogP contribution is -2.43. The van der Waals surface area contributed by atoms with Crippen LogP contribution in [0.5, 0.6) is 5.75 Å². The first-order valence-corrected chi connectivity index (χ1v) is 7.03. The molecule has 114 valence electrons. The molecule has 1 saturated heterocycles. The largest absolute Gasteiger partial charge is 0.497 e. The maximum Gasteiger partial charge on any atom is 0.326 e. The molecule has 21 heavy (non-hydrogen) atoms. The lowest BCUT2D eigenvalue weighted by Gasteiger charge is -2.21. The van der Waals surface area contributed by atoms with Crippen LogP contribution in [-0.4, -0.2) is 52.9 Å². The van der Waals surface area contributed by atoms with Crippen LogP contribution in [0.3, 0.4) is 0 Å². The van der Waals surface area contributed by atoms with Gasteiger partial charge in [-0.25, -0.2) is 9.59 Å². The highest BCUT2D eigenvalue weighted by molar-refractivity contribution is 9.10. The number of carbonyl (C=O) groups is 2. The topological polar surface area (TPSA) is 99.1 Å². The van der Waals surface area contributed by atoms with Crippen molar-refractivity contribution in [2.75, 3.05) is 19.0 Å². The molecule has 2 amide bonds. The van der Waals surface area contributed by atoms with E-state index in [1.165, 1.54) is 7.11 Å². The number of aliphatic hydroxyl groups is 1. The van der Waals surface area contributed by atoms with Crippen molar-refractivity contribution in [2.45, 2.75) is 18.6 Å². The van der Waals surface area contributed by atoms with E-state index in [0.717, 1.165) is 4.90 Å². The minimum atomic E-state index is -1.13. The Balaban J connectivity index is 2.14. The summed E-state index contributed by atoms with van der Waals surface area (Å²) in [5, 5.41) is 21.2. The lowest BCUT2D eigenvalue weighted by atomic mass is 10.2. The number of rotatable bonds is 3. The van der Waals surface area contributed by atoms with Gasteiger partial charge in [-0.1, -0.05) is 15.9 Å². The number of aliphatic carboxylic acids is 1. The molecule has 0 radical (unpaired) electrons. The number of aliphatic hydroxyl groups excluding tert-OH is 1. The number of nitrogens with zero attached hydrogens (tertiary/aromatic N) is 1. The van der Waals surface area contributed by atoms with Crippen molar-refractivity contribution in [3.8, 4) is 5.75 Å². The SMILES string of the molecule is COc1cc(Br)cc(NC(=O)N2C[C@H](O)C[C@@H]2C(=O)O)c1. The van der Waals surface area contributed by atoms with Gasteiger partial charge < -0.3 is 25.2 Å². The summed E-state index contributed by atoms with van der Waals surface area (Å²) in [4.78, 5) is 24.4. The molecule has 2 atom stereocenters. The first kappa shape index (κ1) is 15.6. The first-order chi connectivity index (χ1) is 9.90. The van der Waals surface area contributed by atoms with Crippen molar-refractivity contribution < 1.29 is 24.5 Å². The second-order valence-corrected chi connectivity index (χ2v) is 5.62. The second-order valence-electron chi connectivity index (χ2n) is 4.71. The number of hydrogen-bond donors (Lipinski definition) is 3. The molecular formula is C13H15BrN2O5. The number of anilines is 1. The number of nitrogens with one attached hydrogen (secondary N) is 1. The number of carbonyl (C=O) groups excluding carboxylic acids is 1. The van der Waals surface area contributed by atoms with E-state index in [-0.39, 0.29) is 13.0 Å². The Morgan fingerprint density at radius 1 is 1.43 bits per heavy atom. The number of β-amino-alcohol motifs (C(OH)–C–C–N with tert-alkyl or cyclic N) is 1. The maximum atomic E-state index is 12.2. The van der Waals surface area contributed by atoms with Gasteiger partial charge >= 0.3 is 12.0 Å². The third-order valence-electron chi connectivity index (χ3n) is 3.18. The third-order valence-corrected chi connectivity index (χ3v) is 3.64. The minimum Gasteiger partial charge on any atom is -0.497 e.